The van der Waals surface area contributed by atoms with Crippen LogP contribution in [0.15, 0.2) is 0 Å². The zero-order valence-corrected chi connectivity index (χ0v) is 10.6. The molecule has 5 N–H and O–H groups in total. The summed E-state index contributed by atoms with van der Waals surface area (Å²) in [7, 11) is -4.43. The molecular weight excluding hydrogens is 250 g/mol. The van der Waals surface area contributed by atoms with Crippen molar-refractivity contribution >= 4 is 16.1 Å². The molecule has 0 heterocycles. The van der Waals surface area contributed by atoms with Crippen molar-refractivity contribution in [3.63, 3.8) is 0 Å². The predicted molar refractivity (Wildman–Crippen MR) is 61.0 cm³/mol. The number of hydrogen-bond donors (Lipinski definition) is 4. The highest BCUT2D eigenvalue weighted by molar-refractivity contribution is 7.86. The van der Waals surface area contributed by atoms with E-state index in [1.165, 1.54) is 13.8 Å². The molecule has 0 aliphatic heterocycles. The molecule has 7 nitrogen and oxygen atoms in total. The van der Waals surface area contributed by atoms with E-state index in [-0.39, 0.29) is 13.0 Å². The summed E-state index contributed by atoms with van der Waals surface area (Å²) < 4.78 is 31.6. The van der Waals surface area contributed by atoms with Crippen molar-refractivity contribution in [2.45, 2.75) is 38.0 Å². The first-order valence-electron chi connectivity index (χ1n) is 5.08. The number of aliphatic hydroxyl groups excluding tert-OH is 1. The maximum absolute atomic E-state index is 11.2. The molecule has 2 unspecified atom stereocenters. The van der Waals surface area contributed by atoms with Gasteiger partial charge < -0.3 is 15.9 Å². The fourth-order valence-electron chi connectivity index (χ4n) is 1.62. The van der Waals surface area contributed by atoms with E-state index in [1.807, 2.05) is 0 Å². The van der Waals surface area contributed by atoms with E-state index in [2.05, 4.69) is 0 Å². The maximum atomic E-state index is 11.2. The highest BCUT2D eigenvalue weighted by atomic mass is 32.2. The van der Waals surface area contributed by atoms with Gasteiger partial charge in [-0.15, -0.1) is 0 Å². The molecule has 2 atom stereocenters. The van der Waals surface area contributed by atoms with Gasteiger partial charge >= 0.3 is 5.97 Å². The predicted octanol–water partition coefficient (Wildman–Crippen LogP) is -0.547. The SMILES string of the molecule is CC(C)(CCO)C(CC(N)C(=O)O)S(=O)(=O)O. The summed E-state index contributed by atoms with van der Waals surface area (Å²) in [6, 6.07) is -1.38. The number of carbonyl (C=O) groups is 1. The Morgan fingerprint density at radius 1 is 1.41 bits per heavy atom. The Hall–Kier alpha value is -0.700. The van der Waals surface area contributed by atoms with E-state index in [9.17, 15) is 13.2 Å². The number of carboxylic acid groups (broad SMARTS) is 1. The van der Waals surface area contributed by atoms with E-state index >= 15 is 0 Å². The van der Waals surface area contributed by atoms with Crippen molar-refractivity contribution < 1.29 is 28.0 Å². The summed E-state index contributed by atoms with van der Waals surface area (Å²) in [4.78, 5) is 10.6. The monoisotopic (exact) mass is 269 g/mol. The van der Waals surface area contributed by atoms with Gasteiger partial charge in [0, 0.05) is 6.61 Å². The summed E-state index contributed by atoms with van der Waals surface area (Å²) in [6.07, 6.45) is -0.287. The third-order valence-electron chi connectivity index (χ3n) is 2.77. The van der Waals surface area contributed by atoms with Crippen molar-refractivity contribution in [3.8, 4) is 0 Å². The second-order valence-corrected chi connectivity index (χ2v) is 6.25. The molecule has 0 fully saturated rings. The molecule has 0 aliphatic rings. The Morgan fingerprint density at radius 3 is 2.18 bits per heavy atom. The van der Waals surface area contributed by atoms with Crippen molar-refractivity contribution in [1.82, 2.24) is 0 Å². The van der Waals surface area contributed by atoms with Crippen LogP contribution in [0.1, 0.15) is 26.7 Å². The van der Waals surface area contributed by atoms with Crippen LogP contribution in [0.5, 0.6) is 0 Å². The number of aliphatic carboxylic acids is 1. The Bertz CT molecular complexity index is 364. The van der Waals surface area contributed by atoms with Crippen molar-refractivity contribution in [2.24, 2.45) is 11.1 Å². The Balaban J connectivity index is 5.10. The molecule has 0 bridgehead atoms. The van der Waals surface area contributed by atoms with Crippen LogP contribution < -0.4 is 5.73 Å². The van der Waals surface area contributed by atoms with Crippen LogP contribution in [-0.2, 0) is 14.9 Å². The van der Waals surface area contributed by atoms with Gasteiger partial charge in [0.2, 0.25) is 0 Å². The molecule has 0 radical (unpaired) electrons. The third-order valence-corrected chi connectivity index (χ3v) is 4.32. The minimum atomic E-state index is -4.43. The number of hydrogen-bond acceptors (Lipinski definition) is 5. The van der Waals surface area contributed by atoms with Crippen LogP contribution in [0.4, 0.5) is 0 Å². The highest BCUT2D eigenvalue weighted by Gasteiger charge is 2.40. The van der Waals surface area contributed by atoms with Crippen LogP contribution in [-0.4, -0.2) is 47.1 Å². The molecular formula is C9H19NO6S. The minimum Gasteiger partial charge on any atom is -0.480 e. The zero-order valence-electron chi connectivity index (χ0n) is 9.83. The van der Waals surface area contributed by atoms with Crippen molar-refractivity contribution in [1.29, 1.82) is 0 Å². The van der Waals surface area contributed by atoms with Crippen LogP contribution in [0.2, 0.25) is 0 Å². The molecule has 8 heteroatoms. The first kappa shape index (κ1) is 16.3. The first-order chi connectivity index (χ1) is 7.52. The average molecular weight is 269 g/mol. The molecule has 0 aromatic carbocycles. The highest BCUT2D eigenvalue weighted by Crippen LogP contribution is 2.32. The largest absolute Gasteiger partial charge is 0.480 e. The van der Waals surface area contributed by atoms with E-state index in [1.54, 1.807) is 0 Å². The van der Waals surface area contributed by atoms with Gasteiger partial charge in [0.15, 0.2) is 0 Å². The number of aliphatic hydroxyl groups is 1. The number of nitrogens with two attached hydrogens (primary N) is 1. The topological polar surface area (TPSA) is 138 Å². The lowest BCUT2D eigenvalue weighted by Gasteiger charge is -2.32. The van der Waals surface area contributed by atoms with Crippen LogP contribution >= 0.6 is 0 Å². The average Bonchev–Trinajstić information content (AvgIpc) is 2.11. The quantitative estimate of drug-likeness (QED) is 0.455. The normalized spacial score (nSPS) is 16.5. The van der Waals surface area contributed by atoms with Gasteiger partial charge in [-0.3, -0.25) is 9.35 Å². The van der Waals surface area contributed by atoms with Gasteiger partial charge in [0.25, 0.3) is 10.1 Å². The van der Waals surface area contributed by atoms with E-state index in [4.69, 9.17) is 20.5 Å². The third kappa shape index (κ3) is 4.99. The lowest BCUT2D eigenvalue weighted by atomic mass is 9.83. The van der Waals surface area contributed by atoms with Gasteiger partial charge in [0.1, 0.15) is 6.04 Å². The summed E-state index contributed by atoms with van der Waals surface area (Å²) in [5.74, 6) is -1.33. The van der Waals surface area contributed by atoms with Crippen molar-refractivity contribution in [3.05, 3.63) is 0 Å². The van der Waals surface area contributed by atoms with Crippen LogP contribution in [0, 0.1) is 5.41 Å². The van der Waals surface area contributed by atoms with Gasteiger partial charge in [-0.05, 0) is 18.3 Å². The summed E-state index contributed by atoms with van der Waals surface area (Å²) in [5, 5.41) is 16.2. The maximum Gasteiger partial charge on any atom is 0.320 e. The summed E-state index contributed by atoms with van der Waals surface area (Å²) in [6.45, 7) is 2.79. The van der Waals surface area contributed by atoms with Gasteiger partial charge in [-0.1, -0.05) is 13.8 Å². The molecule has 0 spiro atoms. The summed E-state index contributed by atoms with van der Waals surface area (Å²) >= 11 is 0. The molecule has 0 aliphatic carbocycles. The minimum absolute atomic E-state index is 0.115. The van der Waals surface area contributed by atoms with E-state index in [0.717, 1.165) is 0 Å². The molecule has 0 rings (SSSR count). The van der Waals surface area contributed by atoms with Crippen molar-refractivity contribution in [2.75, 3.05) is 6.61 Å². The second kappa shape index (κ2) is 5.76. The Labute approximate surface area is 100 Å². The first-order valence-corrected chi connectivity index (χ1v) is 6.58. The molecule has 0 aromatic heterocycles. The summed E-state index contributed by atoms with van der Waals surface area (Å²) in [5.41, 5.74) is 4.31. The molecule has 0 saturated carbocycles. The van der Waals surface area contributed by atoms with Gasteiger partial charge in [-0.25, -0.2) is 0 Å². The lowest BCUT2D eigenvalue weighted by molar-refractivity contribution is -0.138. The Morgan fingerprint density at radius 2 is 1.88 bits per heavy atom. The fourth-order valence-corrected chi connectivity index (χ4v) is 3.00. The standard InChI is InChI=1S/C9H19NO6S/c1-9(2,3-4-11)7(17(14,15)16)5-6(10)8(12)13/h6-7,11H,3-5,10H2,1-2H3,(H,12,13)(H,14,15,16). The van der Waals surface area contributed by atoms with Gasteiger partial charge in [-0.2, -0.15) is 8.42 Å². The fraction of sp³-hybridized carbons (Fsp3) is 0.889. The lowest BCUT2D eigenvalue weighted by Crippen LogP contribution is -2.44. The molecule has 0 amide bonds. The second-order valence-electron chi connectivity index (χ2n) is 4.65. The van der Waals surface area contributed by atoms with Crippen LogP contribution in [0.3, 0.4) is 0 Å². The molecule has 102 valence electrons. The van der Waals surface area contributed by atoms with E-state index in [0.29, 0.717) is 0 Å². The molecule has 0 aromatic rings. The molecule has 0 saturated heterocycles. The smallest absolute Gasteiger partial charge is 0.320 e. The van der Waals surface area contributed by atoms with Crippen LogP contribution in [0.25, 0.3) is 0 Å². The Kier molecular flexibility index (Phi) is 5.53. The van der Waals surface area contributed by atoms with Gasteiger partial charge in [0.05, 0.1) is 5.25 Å². The number of carboxylic acids is 1. The van der Waals surface area contributed by atoms with E-state index < -0.39 is 39.2 Å². The zero-order chi connectivity index (χ0) is 13.9. The molecule has 17 heavy (non-hydrogen) atoms. The number of rotatable bonds is 7.